The van der Waals surface area contributed by atoms with Crippen molar-refractivity contribution < 1.29 is 4.42 Å². The molecule has 0 fully saturated rings. The standard InChI is InChI=1S/C57H34O/c1-3-14-43(15-4-1)57(44-16-5-2-6-17-44)49-20-9-7-19-48(49)56-50(57)33-42-30-37(41-31-38-24-22-35-12-11-13-36-23-25-39(32-41)54(38)53(35)36)26-28-45(42)55(56)40-27-29-47-46-18-8-10-21-51(46)58-52(47)34-40/h1-34H. The Labute approximate surface area is 335 Å². The number of furan rings is 1. The van der Waals surface area contributed by atoms with Crippen molar-refractivity contribution in [1.29, 1.82) is 0 Å². The maximum atomic E-state index is 6.55. The molecule has 0 radical (unpaired) electrons. The zero-order chi connectivity index (χ0) is 38.0. The fourth-order valence-corrected chi connectivity index (χ4v) is 10.6. The SMILES string of the molecule is c1ccc(C2(c3ccccc3)c3ccccc3-c3c2cc2cc(-c4cc5ccc6cccc7ccc(c4)c5c67)ccc2c3-c2ccc3c(c2)oc2ccccc23)cc1. The summed E-state index contributed by atoms with van der Waals surface area (Å²) in [4.78, 5) is 0. The van der Waals surface area contributed by atoms with Gasteiger partial charge in [-0.25, -0.2) is 0 Å². The van der Waals surface area contributed by atoms with Gasteiger partial charge in [0.25, 0.3) is 0 Å². The van der Waals surface area contributed by atoms with E-state index in [2.05, 4.69) is 200 Å². The lowest BCUT2D eigenvalue weighted by molar-refractivity contribution is 0.669. The van der Waals surface area contributed by atoms with Crippen LogP contribution in [-0.2, 0) is 5.41 Å². The normalized spacial score (nSPS) is 13.3. The van der Waals surface area contributed by atoms with E-state index in [-0.39, 0.29) is 0 Å². The van der Waals surface area contributed by atoms with Crippen molar-refractivity contribution in [2.75, 3.05) is 0 Å². The molecule has 12 aromatic rings. The number of hydrogen-bond acceptors (Lipinski definition) is 1. The van der Waals surface area contributed by atoms with E-state index in [0.717, 1.165) is 27.5 Å². The molecule has 1 heteroatoms. The fourth-order valence-electron chi connectivity index (χ4n) is 10.6. The Balaban J connectivity index is 1.14. The van der Waals surface area contributed by atoms with Crippen LogP contribution in [0, 0.1) is 0 Å². The van der Waals surface area contributed by atoms with Crippen molar-refractivity contribution >= 4 is 65.0 Å². The van der Waals surface area contributed by atoms with E-state index in [1.807, 2.05) is 6.07 Å². The van der Waals surface area contributed by atoms with Crippen molar-refractivity contribution in [3.05, 3.63) is 229 Å². The molecule has 13 rings (SSSR count). The second-order valence-electron chi connectivity index (χ2n) is 16.0. The summed E-state index contributed by atoms with van der Waals surface area (Å²) >= 11 is 0. The highest BCUT2D eigenvalue weighted by atomic mass is 16.3. The molecular formula is C57H34O. The summed E-state index contributed by atoms with van der Waals surface area (Å²) < 4.78 is 6.55. The van der Waals surface area contributed by atoms with Gasteiger partial charge >= 0.3 is 0 Å². The van der Waals surface area contributed by atoms with Gasteiger partial charge in [0.15, 0.2) is 0 Å². The first-order valence-electron chi connectivity index (χ1n) is 20.2. The molecule has 0 bridgehead atoms. The maximum Gasteiger partial charge on any atom is 0.136 e. The van der Waals surface area contributed by atoms with Gasteiger partial charge in [-0.15, -0.1) is 0 Å². The molecule has 0 aliphatic heterocycles. The van der Waals surface area contributed by atoms with Crippen molar-refractivity contribution in [2.24, 2.45) is 0 Å². The molecule has 1 aromatic heterocycles. The van der Waals surface area contributed by atoms with Gasteiger partial charge in [0.1, 0.15) is 11.2 Å². The van der Waals surface area contributed by atoms with Crippen molar-refractivity contribution in [1.82, 2.24) is 0 Å². The van der Waals surface area contributed by atoms with Gasteiger partial charge in [0, 0.05) is 10.8 Å². The second kappa shape index (κ2) is 11.8. The van der Waals surface area contributed by atoms with E-state index in [9.17, 15) is 0 Å². The molecule has 1 aliphatic carbocycles. The molecule has 0 atom stereocenters. The third-order valence-corrected chi connectivity index (χ3v) is 13.0. The summed E-state index contributed by atoms with van der Waals surface area (Å²) in [5.74, 6) is 0. The molecule has 11 aromatic carbocycles. The van der Waals surface area contributed by atoms with Crippen LogP contribution in [0.25, 0.3) is 98.4 Å². The number of fused-ring (bicyclic) bond motifs is 7. The van der Waals surface area contributed by atoms with Gasteiger partial charge in [-0.3, -0.25) is 0 Å². The first kappa shape index (κ1) is 31.7. The summed E-state index contributed by atoms with van der Waals surface area (Å²) in [6.07, 6.45) is 0. The maximum absolute atomic E-state index is 6.55. The molecule has 0 N–H and O–H groups in total. The van der Waals surface area contributed by atoms with Crippen molar-refractivity contribution in [3.8, 4) is 33.4 Å². The van der Waals surface area contributed by atoms with Crippen LogP contribution < -0.4 is 0 Å². The molecule has 1 aliphatic rings. The van der Waals surface area contributed by atoms with Crippen molar-refractivity contribution in [3.63, 3.8) is 0 Å². The van der Waals surface area contributed by atoms with Crippen LogP contribution in [0.3, 0.4) is 0 Å². The van der Waals surface area contributed by atoms with E-state index in [1.54, 1.807) is 0 Å². The minimum atomic E-state index is -0.534. The molecule has 0 amide bonds. The average Bonchev–Trinajstić information content (AvgIpc) is 3.81. The summed E-state index contributed by atoms with van der Waals surface area (Å²) in [6, 6.07) is 76.6. The molecule has 0 saturated heterocycles. The molecule has 0 saturated carbocycles. The highest BCUT2D eigenvalue weighted by molar-refractivity contribution is 6.24. The van der Waals surface area contributed by atoms with Gasteiger partial charge < -0.3 is 4.42 Å². The van der Waals surface area contributed by atoms with Crippen LogP contribution in [-0.4, -0.2) is 0 Å². The lowest BCUT2D eigenvalue weighted by Gasteiger charge is -2.34. The Bertz CT molecular complexity index is 3510. The van der Waals surface area contributed by atoms with Gasteiger partial charge in [-0.2, -0.15) is 0 Å². The molecule has 0 unspecified atom stereocenters. The fraction of sp³-hybridized carbons (Fsp3) is 0.0175. The molecule has 1 heterocycles. The van der Waals surface area contributed by atoms with Gasteiger partial charge in [-0.1, -0.05) is 164 Å². The van der Waals surface area contributed by atoms with Crippen LogP contribution in [0.5, 0.6) is 0 Å². The Morgan fingerprint density at radius 1 is 0.310 bits per heavy atom. The zero-order valence-corrected chi connectivity index (χ0v) is 31.5. The number of benzene rings is 11. The van der Waals surface area contributed by atoms with Crippen LogP contribution in [0.1, 0.15) is 22.3 Å². The molecular weight excluding hydrogens is 701 g/mol. The highest BCUT2D eigenvalue weighted by Crippen LogP contribution is 2.60. The van der Waals surface area contributed by atoms with Crippen LogP contribution >= 0.6 is 0 Å². The Hall–Kier alpha value is -7.48. The summed E-state index contributed by atoms with van der Waals surface area (Å²) in [7, 11) is 0. The Morgan fingerprint density at radius 3 is 1.66 bits per heavy atom. The van der Waals surface area contributed by atoms with E-state index < -0.39 is 5.41 Å². The number of rotatable bonds is 4. The van der Waals surface area contributed by atoms with E-state index in [1.165, 1.54) is 93.2 Å². The van der Waals surface area contributed by atoms with Crippen LogP contribution in [0.2, 0.25) is 0 Å². The Morgan fingerprint density at radius 2 is 0.897 bits per heavy atom. The third-order valence-electron chi connectivity index (χ3n) is 13.0. The average molecular weight is 735 g/mol. The lowest BCUT2D eigenvalue weighted by atomic mass is 9.67. The monoisotopic (exact) mass is 734 g/mol. The predicted molar refractivity (Wildman–Crippen MR) is 243 cm³/mol. The van der Waals surface area contributed by atoms with Crippen molar-refractivity contribution in [2.45, 2.75) is 5.41 Å². The Kier molecular flexibility index (Phi) is 6.43. The quantitative estimate of drug-likeness (QED) is 0.164. The zero-order valence-electron chi connectivity index (χ0n) is 31.5. The van der Waals surface area contributed by atoms with E-state index >= 15 is 0 Å². The molecule has 58 heavy (non-hydrogen) atoms. The molecule has 0 spiro atoms. The van der Waals surface area contributed by atoms with Gasteiger partial charge in [0.2, 0.25) is 0 Å². The summed E-state index contributed by atoms with van der Waals surface area (Å²) in [5, 5.41) is 12.5. The number of para-hydroxylation sites is 1. The predicted octanol–water partition coefficient (Wildman–Crippen LogP) is 15.3. The second-order valence-corrected chi connectivity index (χ2v) is 16.0. The first-order chi connectivity index (χ1) is 28.7. The van der Waals surface area contributed by atoms with Crippen LogP contribution in [0.15, 0.2) is 211 Å². The molecule has 268 valence electrons. The first-order valence-corrected chi connectivity index (χ1v) is 20.2. The smallest absolute Gasteiger partial charge is 0.136 e. The number of hydrogen-bond donors (Lipinski definition) is 0. The minimum absolute atomic E-state index is 0.534. The topological polar surface area (TPSA) is 13.1 Å². The van der Waals surface area contributed by atoms with Crippen LogP contribution in [0.4, 0.5) is 0 Å². The molecule has 1 nitrogen and oxygen atoms in total. The largest absolute Gasteiger partial charge is 0.456 e. The van der Waals surface area contributed by atoms with Gasteiger partial charge in [0.05, 0.1) is 5.41 Å². The summed E-state index contributed by atoms with van der Waals surface area (Å²) in [5.41, 5.74) is 13.7. The highest BCUT2D eigenvalue weighted by Gasteiger charge is 2.47. The summed E-state index contributed by atoms with van der Waals surface area (Å²) in [6.45, 7) is 0. The van der Waals surface area contributed by atoms with E-state index in [0.29, 0.717) is 0 Å². The lowest BCUT2D eigenvalue weighted by Crippen LogP contribution is -2.28. The van der Waals surface area contributed by atoms with Gasteiger partial charge in [-0.05, 0) is 141 Å². The van der Waals surface area contributed by atoms with E-state index in [4.69, 9.17) is 4.42 Å². The minimum Gasteiger partial charge on any atom is -0.456 e. The third kappa shape index (κ3) is 4.25.